The Kier molecular flexibility index (Phi) is 14.3. The van der Waals surface area contributed by atoms with Crippen LogP contribution in [0.2, 0.25) is 0 Å². The molecule has 1 rings (SSSR count). The quantitative estimate of drug-likeness (QED) is 0.652. The third kappa shape index (κ3) is 12.2. The molecule has 3 heteroatoms. The highest BCUT2D eigenvalue weighted by atomic mass is 16.5. The average Bonchev–Trinajstić information content (AvgIpc) is 2.38. The van der Waals surface area contributed by atoms with Crippen LogP contribution in [0.3, 0.4) is 0 Å². The molecule has 0 amide bonds. The van der Waals surface area contributed by atoms with Gasteiger partial charge in [-0.25, -0.2) is 4.79 Å². The number of carbonyl (C=O) groups excluding carboxylic acids is 1. The highest BCUT2D eigenvalue weighted by molar-refractivity contribution is 5.89. The number of hydrogen-bond acceptors (Lipinski definition) is 3. The maximum atomic E-state index is 11.2. The Hall–Kier alpha value is -2.03. The van der Waals surface area contributed by atoms with Gasteiger partial charge in [-0.3, -0.25) is 0 Å². The molecule has 0 saturated carbocycles. The maximum absolute atomic E-state index is 11.2. The number of carbonyl (C=O) groups is 1. The van der Waals surface area contributed by atoms with Gasteiger partial charge in [0.05, 0.1) is 12.2 Å². The summed E-state index contributed by atoms with van der Waals surface area (Å²) in [6.07, 6.45) is 4.31. The lowest BCUT2D eigenvalue weighted by molar-refractivity contribution is 0.0505. The lowest BCUT2D eigenvalue weighted by Gasteiger charge is -2.02. The summed E-state index contributed by atoms with van der Waals surface area (Å²) in [5.41, 5.74) is 0.464. The van der Waals surface area contributed by atoms with E-state index in [9.17, 15) is 4.79 Å². The second-order valence-electron chi connectivity index (χ2n) is 3.50. The topological polar surface area (TPSA) is 46.5 Å². The molecule has 0 heterocycles. The molecule has 0 aliphatic carbocycles. The lowest BCUT2D eigenvalue weighted by atomic mass is 10.2. The molecule has 19 heavy (non-hydrogen) atoms. The zero-order chi connectivity index (χ0) is 15.1. The summed E-state index contributed by atoms with van der Waals surface area (Å²) < 4.78 is 4.90. The van der Waals surface area contributed by atoms with E-state index < -0.39 is 0 Å². The average molecular weight is 264 g/mol. The van der Waals surface area contributed by atoms with Crippen LogP contribution in [0.25, 0.3) is 0 Å². The van der Waals surface area contributed by atoms with Gasteiger partial charge in [0.25, 0.3) is 0 Å². The number of esters is 1. The zero-order valence-electron chi connectivity index (χ0n) is 12.1. The van der Waals surface area contributed by atoms with Crippen LogP contribution in [0, 0.1) is 0 Å². The van der Waals surface area contributed by atoms with Crippen LogP contribution in [0.5, 0.6) is 5.75 Å². The molecule has 0 aliphatic rings. The van der Waals surface area contributed by atoms with Crippen LogP contribution in [-0.4, -0.2) is 17.7 Å². The number of phenols is 1. The molecule has 0 fully saturated rings. The molecule has 0 atom stereocenters. The van der Waals surface area contributed by atoms with Crippen molar-refractivity contribution in [1.29, 1.82) is 0 Å². The van der Waals surface area contributed by atoms with Gasteiger partial charge in [-0.05, 0) is 44.5 Å². The van der Waals surface area contributed by atoms with Gasteiger partial charge >= 0.3 is 5.97 Å². The van der Waals surface area contributed by atoms with Gasteiger partial charge in [-0.2, -0.15) is 0 Å². The highest BCUT2D eigenvalue weighted by Gasteiger charge is 2.05. The van der Waals surface area contributed by atoms with E-state index in [-0.39, 0.29) is 11.7 Å². The fourth-order valence-corrected chi connectivity index (χ4v) is 0.876. The number of rotatable bonds is 3. The van der Waals surface area contributed by atoms with Crippen LogP contribution in [0.1, 0.15) is 37.6 Å². The molecule has 0 aromatic heterocycles. The summed E-state index contributed by atoms with van der Waals surface area (Å²) in [5.74, 6) is -0.200. The van der Waals surface area contributed by atoms with Crippen LogP contribution in [0.15, 0.2) is 49.6 Å². The molecular weight excluding hydrogens is 240 g/mol. The molecule has 106 valence electrons. The Balaban J connectivity index is 0. The smallest absolute Gasteiger partial charge is 0.338 e. The minimum absolute atomic E-state index is 0.145. The van der Waals surface area contributed by atoms with E-state index in [0.717, 1.165) is 6.42 Å². The molecule has 0 radical (unpaired) electrons. The van der Waals surface area contributed by atoms with Gasteiger partial charge < -0.3 is 9.84 Å². The summed E-state index contributed by atoms with van der Waals surface area (Å²) in [4.78, 5) is 11.2. The normalized spacial score (nSPS) is 7.95. The number of aromatic hydroxyl groups is 1. The Morgan fingerprint density at radius 2 is 1.63 bits per heavy atom. The van der Waals surface area contributed by atoms with Gasteiger partial charge in [-0.1, -0.05) is 19.1 Å². The Bertz CT molecular complexity index is 347. The second kappa shape index (κ2) is 14.0. The van der Waals surface area contributed by atoms with E-state index in [1.165, 1.54) is 24.3 Å². The van der Waals surface area contributed by atoms with Crippen molar-refractivity contribution >= 4 is 5.97 Å². The van der Waals surface area contributed by atoms with Gasteiger partial charge in [0.2, 0.25) is 0 Å². The van der Waals surface area contributed by atoms with E-state index in [4.69, 9.17) is 9.84 Å². The Labute approximate surface area is 116 Å². The molecule has 0 spiro atoms. The predicted molar refractivity (Wildman–Crippen MR) is 80.4 cm³/mol. The number of ether oxygens (including phenoxy) is 1. The number of allylic oxidation sites excluding steroid dienone is 2. The van der Waals surface area contributed by atoms with Crippen LogP contribution < -0.4 is 0 Å². The monoisotopic (exact) mass is 264 g/mol. The molecule has 1 aromatic rings. The minimum atomic E-state index is -0.346. The van der Waals surface area contributed by atoms with Crippen molar-refractivity contribution in [2.24, 2.45) is 0 Å². The third-order valence-corrected chi connectivity index (χ3v) is 1.54. The maximum Gasteiger partial charge on any atom is 0.338 e. The summed E-state index contributed by atoms with van der Waals surface area (Å²) in [7, 11) is 0. The number of hydrogen-bond donors (Lipinski definition) is 1. The minimum Gasteiger partial charge on any atom is -0.508 e. The van der Waals surface area contributed by atoms with E-state index in [1.807, 2.05) is 20.8 Å². The SMILES string of the molecule is C=CC.C=CC.CCCOC(=O)c1ccc(O)cc1. The fraction of sp³-hybridized carbons (Fsp3) is 0.312. The molecule has 0 bridgehead atoms. The van der Waals surface area contributed by atoms with Gasteiger partial charge in [0.1, 0.15) is 5.75 Å². The van der Waals surface area contributed by atoms with Crippen LogP contribution in [0.4, 0.5) is 0 Å². The largest absolute Gasteiger partial charge is 0.508 e. The Morgan fingerprint density at radius 1 is 1.21 bits per heavy atom. The molecule has 3 nitrogen and oxygen atoms in total. The molecule has 0 unspecified atom stereocenters. The molecule has 0 saturated heterocycles. The molecule has 1 aromatic carbocycles. The molecule has 0 aliphatic heterocycles. The van der Waals surface area contributed by atoms with Crippen LogP contribution >= 0.6 is 0 Å². The van der Waals surface area contributed by atoms with Crippen molar-refractivity contribution in [3.05, 3.63) is 55.1 Å². The van der Waals surface area contributed by atoms with Gasteiger partial charge in [-0.15, -0.1) is 13.2 Å². The molecular formula is C16H24O3. The Morgan fingerprint density at radius 3 is 2.00 bits per heavy atom. The lowest BCUT2D eigenvalue weighted by Crippen LogP contribution is -2.05. The predicted octanol–water partition coefficient (Wildman–Crippen LogP) is 4.34. The molecule has 1 N–H and O–H groups in total. The van der Waals surface area contributed by atoms with Crippen molar-refractivity contribution in [1.82, 2.24) is 0 Å². The standard InChI is InChI=1S/C10H12O3.2C3H6/c1-2-7-13-10(12)8-3-5-9(11)6-4-8;2*1-3-2/h3-6,11H,2,7H2,1H3;2*3H,1H2,2H3. The van der Waals surface area contributed by atoms with Crippen LogP contribution in [-0.2, 0) is 4.74 Å². The highest BCUT2D eigenvalue weighted by Crippen LogP contribution is 2.10. The van der Waals surface area contributed by atoms with Gasteiger partial charge in [0.15, 0.2) is 0 Å². The van der Waals surface area contributed by atoms with E-state index in [2.05, 4.69) is 13.2 Å². The van der Waals surface area contributed by atoms with E-state index in [1.54, 1.807) is 12.2 Å². The van der Waals surface area contributed by atoms with Crippen molar-refractivity contribution in [3.63, 3.8) is 0 Å². The second-order valence-corrected chi connectivity index (χ2v) is 3.50. The third-order valence-electron chi connectivity index (χ3n) is 1.54. The number of benzene rings is 1. The first-order valence-electron chi connectivity index (χ1n) is 6.17. The fourth-order valence-electron chi connectivity index (χ4n) is 0.876. The van der Waals surface area contributed by atoms with Crippen molar-refractivity contribution in [2.75, 3.05) is 6.61 Å². The van der Waals surface area contributed by atoms with Crippen molar-refractivity contribution in [3.8, 4) is 5.75 Å². The summed E-state index contributed by atoms with van der Waals surface area (Å²) in [6, 6.07) is 5.99. The van der Waals surface area contributed by atoms with Crippen molar-refractivity contribution < 1.29 is 14.6 Å². The van der Waals surface area contributed by atoms with Gasteiger partial charge in [0, 0.05) is 0 Å². The first kappa shape index (κ1) is 19.3. The van der Waals surface area contributed by atoms with E-state index in [0.29, 0.717) is 12.2 Å². The van der Waals surface area contributed by atoms with E-state index >= 15 is 0 Å². The summed E-state index contributed by atoms with van der Waals surface area (Å²) >= 11 is 0. The first-order valence-corrected chi connectivity index (χ1v) is 6.17. The zero-order valence-corrected chi connectivity index (χ0v) is 12.1. The first-order chi connectivity index (χ1) is 9.06. The van der Waals surface area contributed by atoms with Crippen molar-refractivity contribution in [2.45, 2.75) is 27.2 Å². The number of phenolic OH excluding ortho intramolecular Hbond substituents is 1. The summed E-state index contributed by atoms with van der Waals surface area (Å²) in [6.45, 7) is 12.9. The summed E-state index contributed by atoms with van der Waals surface area (Å²) in [5, 5.41) is 8.96.